The van der Waals surface area contributed by atoms with Gasteiger partial charge in [0.05, 0.1) is 5.69 Å². The maximum atomic E-state index is 9.37. The maximum absolute atomic E-state index is 9.37. The maximum Gasteiger partial charge on any atom is 0.220 e. The predicted molar refractivity (Wildman–Crippen MR) is 98.9 cm³/mol. The zero-order valence-electron chi connectivity index (χ0n) is 15.9. The summed E-state index contributed by atoms with van der Waals surface area (Å²) >= 11 is 0. The first-order valence-electron chi connectivity index (χ1n) is 9.56. The van der Waals surface area contributed by atoms with Gasteiger partial charge in [-0.25, -0.2) is 4.98 Å². The van der Waals surface area contributed by atoms with Crippen LogP contribution in [0.2, 0.25) is 0 Å². The smallest absolute Gasteiger partial charge is 0.220 e. The second-order valence-corrected chi connectivity index (χ2v) is 9.09. The van der Waals surface area contributed by atoms with Gasteiger partial charge in [-0.05, 0) is 53.2 Å². The summed E-state index contributed by atoms with van der Waals surface area (Å²) in [5.41, 5.74) is 5.86. The Kier molecular flexibility index (Phi) is 3.84. The molecular formula is C22H29NO2. The molecule has 0 aliphatic heterocycles. The molecule has 2 aliphatic rings. The van der Waals surface area contributed by atoms with Crippen LogP contribution in [-0.4, -0.2) is 10.1 Å². The lowest BCUT2D eigenvalue weighted by atomic mass is 9.62. The zero-order chi connectivity index (χ0) is 17.8. The van der Waals surface area contributed by atoms with Crippen LogP contribution in [0.5, 0.6) is 0 Å². The first-order chi connectivity index (χ1) is 11.8. The van der Waals surface area contributed by atoms with Crippen LogP contribution < -0.4 is 0 Å². The molecule has 1 aromatic heterocycles. The summed E-state index contributed by atoms with van der Waals surface area (Å²) in [7, 11) is 0. The number of aryl methyl sites for hydroxylation is 1. The fraction of sp³-hybridized carbons (Fsp3) is 0.591. The topological polar surface area (TPSA) is 46.3 Å². The van der Waals surface area contributed by atoms with Crippen molar-refractivity contribution in [3.8, 4) is 0 Å². The third-order valence-electron chi connectivity index (χ3n) is 6.41. The number of rotatable bonds is 2. The molecule has 0 saturated heterocycles. The fourth-order valence-corrected chi connectivity index (χ4v) is 4.68. The van der Waals surface area contributed by atoms with Crippen LogP contribution >= 0.6 is 0 Å². The van der Waals surface area contributed by atoms with Crippen molar-refractivity contribution in [3.05, 3.63) is 52.2 Å². The second kappa shape index (κ2) is 5.70. The van der Waals surface area contributed by atoms with Crippen LogP contribution in [0.1, 0.15) is 93.3 Å². The minimum atomic E-state index is -0.120. The van der Waals surface area contributed by atoms with Crippen LogP contribution in [-0.2, 0) is 23.9 Å². The number of hydrogen-bond acceptors (Lipinski definition) is 3. The highest BCUT2D eigenvalue weighted by Gasteiger charge is 2.38. The van der Waals surface area contributed by atoms with Crippen LogP contribution in [0.3, 0.4) is 0 Å². The molecule has 0 amide bonds. The van der Waals surface area contributed by atoms with Gasteiger partial charge in [0.1, 0.15) is 12.4 Å². The van der Waals surface area contributed by atoms with Crippen molar-refractivity contribution in [2.45, 2.75) is 83.2 Å². The molecule has 0 fully saturated rings. The van der Waals surface area contributed by atoms with Crippen molar-refractivity contribution in [2.24, 2.45) is 0 Å². The lowest BCUT2D eigenvalue weighted by Gasteiger charge is -2.42. The molecule has 0 spiro atoms. The van der Waals surface area contributed by atoms with Gasteiger partial charge in [-0.3, -0.25) is 0 Å². The van der Waals surface area contributed by atoms with Gasteiger partial charge in [0.2, 0.25) is 5.89 Å². The van der Waals surface area contributed by atoms with Crippen molar-refractivity contribution in [2.75, 3.05) is 0 Å². The van der Waals surface area contributed by atoms with Gasteiger partial charge in [0, 0.05) is 12.3 Å². The Hall–Kier alpha value is -1.61. The molecule has 0 saturated carbocycles. The lowest BCUT2D eigenvalue weighted by molar-refractivity contribution is 0.236. The van der Waals surface area contributed by atoms with E-state index in [1.165, 1.54) is 29.5 Å². The molecule has 1 atom stereocenters. The molecule has 3 heteroatoms. The summed E-state index contributed by atoms with van der Waals surface area (Å²) in [6.07, 6.45) is 5.62. The Balaban J connectivity index is 1.80. The summed E-state index contributed by atoms with van der Waals surface area (Å²) in [5.74, 6) is 1.72. The van der Waals surface area contributed by atoms with E-state index in [9.17, 15) is 5.11 Å². The fourth-order valence-electron chi connectivity index (χ4n) is 4.68. The Morgan fingerprint density at radius 2 is 1.84 bits per heavy atom. The Bertz CT molecular complexity index is 800. The van der Waals surface area contributed by atoms with Gasteiger partial charge in [0.15, 0.2) is 0 Å². The molecule has 2 aromatic rings. The Morgan fingerprint density at radius 1 is 1.12 bits per heavy atom. The van der Waals surface area contributed by atoms with Gasteiger partial charge >= 0.3 is 0 Å². The van der Waals surface area contributed by atoms with Crippen molar-refractivity contribution < 1.29 is 9.52 Å². The molecule has 0 bridgehead atoms. The minimum absolute atomic E-state index is 0.120. The summed E-state index contributed by atoms with van der Waals surface area (Å²) < 4.78 is 5.73. The van der Waals surface area contributed by atoms with E-state index in [-0.39, 0.29) is 17.4 Å². The quantitative estimate of drug-likeness (QED) is 0.839. The van der Waals surface area contributed by atoms with Gasteiger partial charge in [0.25, 0.3) is 0 Å². The molecular weight excluding hydrogens is 310 g/mol. The van der Waals surface area contributed by atoms with Crippen LogP contribution in [0.15, 0.2) is 22.6 Å². The van der Waals surface area contributed by atoms with E-state index < -0.39 is 0 Å². The number of oxazole rings is 1. The van der Waals surface area contributed by atoms with E-state index >= 15 is 0 Å². The van der Waals surface area contributed by atoms with E-state index in [4.69, 9.17) is 4.42 Å². The average Bonchev–Trinajstić information content (AvgIpc) is 3.02. The van der Waals surface area contributed by atoms with E-state index in [1.807, 2.05) is 0 Å². The first kappa shape index (κ1) is 16.8. The van der Waals surface area contributed by atoms with Crippen molar-refractivity contribution in [1.82, 2.24) is 4.98 Å². The summed E-state index contributed by atoms with van der Waals surface area (Å²) in [5, 5.41) is 9.37. The first-order valence-corrected chi connectivity index (χ1v) is 9.56. The summed E-state index contributed by atoms with van der Waals surface area (Å²) in [6.45, 7) is 9.36. The molecule has 1 heterocycles. The number of aliphatic hydroxyl groups is 1. The molecule has 2 aliphatic carbocycles. The van der Waals surface area contributed by atoms with Gasteiger partial charge in [-0.2, -0.15) is 0 Å². The van der Waals surface area contributed by atoms with Crippen LogP contribution in [0.25, 0.3) is 0 Å². The number of aromatic nitrogens is 1. The van der Waals surface area contributed by atoms with E-state index in [0.717, 1.165) is 30.7 Å². The third-order valence-corrected chi connectivity index (χ3v) is 6.41. The third kappa shape index (κ3) is 2.73. The highest BCUT2D eigenvalue weighted by atomic mass is 16.4. The van der Waals surface area contributed by atoms with Crippen molar-refractivity contribution in [3.63, 3.8) is 0 Å². The number of fused-ring (bicyclic) bond motifs is 2. The summed E-state index contributed by atoms with van der Waals surface area (Å²) in [6, 6.07) is 7.09. The normalized spacial score (nSPS) is 23.8. The average molecular weight is 339 g/mol. The standard InChI is InChI=1S/C22H29NO2/c1-21(2)10-11-22(3,4)17-12-14(8-9-16(17)21)15-6-5-7-18-20(15)23-19(13-24)25-18/h8-9,12,15,24H,5-7,10-11,13H2,1-4H3. The number of nitrogens with zero attached hydrogens (tertiary/aromatic N) is 1. The Morgan fingerprint density at radius 3 is 2.56 bits per heavy atom. The van der Waals surface area contributed by atoms with Gasteiger partial charge < -0.3 is 9.52 Å². The monoisotopic (exact) mass is 339 g/mol. The molecule has 4 rings (SSSR count). The largest absolute Gasteiger partial charge is 0.443 e. The lowest BCUT2D eigenvalue weighted by Crippen LogP contribution is -2.34. The highest BCUT2D eigenvalue weighted by Crippen LogP contribution is 2.47. The van der Waals surface area contributed by atoms with Crippen molar-refractivity contribution in [1.29, 1.82) is 0 Å². The molecule has 25 heavy (non-hydrogen) atoms. The van der Waals surface area contributed by atoms with Crippen molar-refractivity contribution >= 4 is 0 Å². The Labute approximate surface area is 150 Å². The molecule has 1 N–H and O–H groups in total. The summed E-state index contributed by atoms with van der Waals surface area (Å²) in [4.78, 5) is 4.59. The molecule has 1 aromatic carbocycles. The van der Waals surface area contributed by atoms with Crippen LogP contribution in [0.4, 0.5) is 0 Å². The van der Waals surface area contributed by atoms with Crippen LogP contribution in [0, 0.1) is 0 Å². The molecule has 3 nitrogen and oxygen atoms in total. The molecule has 134 valence electrons. The number of benzene rings is 1. The van der Waals surface area contributed by atoms with E-state index in [2.05, 4.69) is 50.9 Å². The SMILES string of the molecule is CC1(C)CCC(C)(C)c2cc(C3CCCc4oc(CO)nc43)ccc21. The van der Waals surface area contributed by atoms with E-state index in [0.29, 0.717) is 11.8 Å². The number of hydrogen-bond donors (Lipinski definition) is 1. The second-order valence-electron chi connectivity index (χ2n) is 9.09. The number of aliphatic hydroxyl groups excluding tert-OH is 1. The van der Waals surface area contributed by atoms with Gasteiger partial charge in [-0.1, -0.05) is 45.9 Å². The van der Waals surface area contributed by atoms with E-state index in [1.54, 1.807) is 0 Å². The minimum Gasteiger partial charge on any atom is -0.443 e. The zero-order valence-corrected chi connectivity index (χ0v) is 15.9. The molecule has 0 radical (unpaired) electrons. The molecule has 1 unspecified atom stereocenters. The predicted octanol–water partition coefficient (Wildman–Crippen LogP) is 4.98. The highest BCUT2D eigenvalue weighted by molar-refractivity contribution is 5.46. The van der Waals surface area contributed by atoms with Gasteiger partial charge in [-0.15, -0.1) is 0 Å².